The van der Waals surface area contributed by atoms with Crippen molar-refractivity contribution in [2.45, 2.75) is 109 Å². The van der Waals surface area contributed by atoms with E-state index in [1.807, 2.05) is 0 Å². The fraction of sp³-hybridized carbons (Fsp3) is 0.562. The Morgan fingerprint density at radius 2 is 1.67 bits per heavy atom. The molecule has 0 aromatic heterocycles. The van der Waals surface area contributed by atoms with Crippen molar-refractivity contribution in [2.75, 3.05) is 6.54 Å². The van der Waals surface area contributed by atoms with E-state index >= 15 is 0 Å². The molecule has 5 nitrogen and oxygen atoms in total. The van der Waals surface area contributed by atoms with Crippen molar-refractivity contribution in [2.24, 2.45) is 0 Å². The van der Waals surface area contributed by atoms with Gasteiger partial charge >= 0.3 is 0 Å². The van der Waals surface area contributed by atoms with Gasteiger partial charge in [0.1, 0.15) is 17.4 Å². The van der Waals surface area contributed by atoms with Crippen molar-refractivity contribution in [1.82, 2.24) is 10.6 Å². The van der Waals surface area contributed by atoms with Gasteiger partial charge in [0.05, 0.1) is 12.1 Å². The summed E-state index contributed by atoms with van der Waals surface area (Å²) in [6, 6.07) is 11.1. The maximum atomic E-state index is 13.9. The summed E-state index contributed by atoms with van der Waals surface area (Å²) in [4.78, 5) is 24.0. The molecule has 0 saturated heterocycles. The van der Waals surface area contributed by atoms with Crippen LogP contribution in [-0.4, -0.2) is 35.5 Å². The predicted octanol–water partition coefficient (Wildman–Crippen LogP) is 5.86. The van der Waals surface area contributed by atoms with Gasteiger partial charge in [-0.3, -0.25) is 4.79 Å². The molecule has 2 atom stereocenters. The lowest BCUT2D eigenvalue weighted by atomic mass is 9.74. The SMILES string of the molecule is CC(=O)CCCC(=O)NC(Cc1cc(F)cc(F)c1)C(O)CNC1(c2cccc(C(C)(C)C)c2)CCCCC1. The number of nitrogens with one attached hydrogen (secondary N) is 2. The van der Waals surface area contributed by atoms with Crippen molar-refractivity contribution in [3.63, 3.8) is 0 Å². The summed E-state index contributed by atoms with van der Waals surface area (Å²) in [6.45, 7) is 8.25. The third-order valence-electron chi connectivity index (χ3n) is 7.76. The minimum absolute atomic E-state index is 0.00335. The second-order valence-corrected chi connectivity index (χ2v) is 12.1. The summed E-state index contributed by atoms with van der Waals surface area (Å²) < 4.78 is 27.8. The van der Waals surface area contributed by atoms with Crippen LogP contribution in [-0.2, 0) is 27.0 Å². The van der Waals surface area contributed by atoms with Crippen LogP contribution in [0.2, 0.25) is 0 Å². The number of aliphatic hydroxyl groups is 1. The number of hydrogen-bond donors (Lipinski definition) is 3. The fourth-order valence-corrected chi connectivity index (χ4v) is 5.49. The lowest BCUT2D eigenvalue weighted by Crippen LogP contribution is -2.53. The van der Waals surface area contributed by atoms with E-state index in [4.69, 9.17) is 0 Å². The number of hydrogen-bond acceptors (Lipinski definition) is 4. The molecule has 1 fully saturated rings. The molecule has 39 heavy (non-hydrogen) atoms. The Morgan fingerprint density at radius 3 is 2.28 bits per heavy atom. The Morgan fingerprint density at radius 1 is 1.00 bits per heavy atom. The molecule has 7 heteroatoms. The zero-order valence-electron chi connectivity index (χ0n) is 23.8. The highest BCUT2D eigenvalue weighted by Crippen LogP contribution is 2.38. The Bertz CT molecular complexity index is 1100. The molecule has 2 aromatic carbocycles. The van der Waals surface area contributed by atoms with E-state index in [0.717, 1.165) is 38.2 Å². The molecule has 1 aliphatic carbocycles. The third kappa shape index (κ3) is 9.21. The van der Waals surface area contributed by atoms with Gasteiger partial charge in [-0.2, -0.15) is 0 Å². The van der Waals surface area contributed by atoms with Crippen molar-refractivity contribution < 1.29 is 23.5 Å². The van der Waals surface area contributed by atoms with Crippen LogP contribution in [0.3, 0.4) is 0 Å². The molecule has 2 aromatic rings. The second kappa shape index (κ2) is 13.6. The van der Waals surface area contributed by atoms with Crippen LogP contribution in [0, 0.1) is 11.6 Å². The van der Waals surface area contributed by atoms with E-state index in [1.54, 1.807) is 0 Å². The number of ketones is 1. The predicted molar refractivity (Wildman–Crippen MR) is 150 cm³/mol. The van der Waals surface area contributed by atoms with Gasteiger partial charge < -0.3 is 20.5 Å². The minimum Gasteiger partial charge on any atom is -0.390 e. The summed E-state index contributed by atoms with van der Waals surface area (Å²) in [5, 5.41) is 17.8. The molecule has 0 spiro atoms. The maximum absolute atomic E-state index is 13.9. The molecule has 0 bridgehead atoms. The molecular weight excluding hydrogens is 498 g/mol. The summed E-state index contributed by atoms with van der Waals surface area (Å²) in [6.07, 6.45) is 5.09. The van der Waals surface area contributed by atoms with Gasteiger partial charge in [0, 0.05) is 31.0 Å². The van der Waals surface area contributed by atoms with Crippen molar-refractivity contribution in [3.05, 3.63) is 70.8 Å². The topological polar surface area (TPSA) is 78.4 Å². The molecule has 0 heterocycles. The van der Waals surface area contributed by atoms with E-state index in [-0.39, 0.29) is 42.0 Å². The van der Waals surface area contributed by atoms with Gasteiger partial charge in [-0.25, -0.2) is 8.78 Å². The highest BCUT2D eigenvalue weighted by atomic mass is 19.1. The van der Waals surface area contributed by atoms with E-state index in [9.17, 15) is 23.5 Å². The second-order valence-electron chi connectivity index (χ2n) is 12.1. The first-order chi connectivity index (χ1) is 18.4. The number of aliphatic hydroxyl groups excluding tert-OH is 1. The molecular formula is C32H44F2N2O3. The van der Waals surface area contributed by atoms with Gasteiger partial charge in [-0.05, 0) is 66.8 Å². The van der Waals surface area contributed by atoms with E-state index in [2.05, 4.69) is 55.7 Å². The van der Waals surface area contributed by atoms with Gasteiger partial charge in [0.2, 0.25) is 5.91 Å². The number of Topliss-reactive ketones (excluding diaryl/α,β-unsaturated/α-hetero) is 1. The average molecular weight is 543 g/mol. The van der Waals surface area contributed by atoms with Gasteiger partial charge in [-0.15, -0.1) is 0 Å². The highest BCUT2D eigenvalue weighted by molar-refractivity contribution is 5.78. The van der Waals surface area contributed by atoms with Crippen LogP contribution in [0.4, 0.5) is 8.78 Å². The first kappa shape index (κ1) is 30.9. The summed E-state index contributed by atoms with van der Waals surface area (Å²) in [7, 11) is 0. The number of amides is 1. The normalized spacial score (nSPS) is 16.9. The lowest BCUT2D eigenvalue weighted by Gasteiger charge is -2.41. The molecule has 1 aliphatic rings. The monoisotopic (exact) mass is 542 g/mol. The minimum atomic E-state index is -1.00. The van der Waals surface area contributed by atoms with E-state index in [0.29, 0.717) is 18.4 Å². The molecule has 0 radical (unpaired) electrons. The van der Waals surface area contributed by atoms with E-state index < -0.39 is 23.8 Å². The Balaban J connectivity index is 1.80. The Hall–Kier alpha value is -2.64. The molecule has 3 N–H and O–H groups in total. The lowest BCUT2D eigenvalue weighted by molar-refractivity contribution is -0.123. The molecule has 2 unspecified atom stereocenters. The van der Waals surface area contributed by atoms with Crippen molar-refractivity contribution in [3.8, 4) is 0 Å². The van der Waals surface area contributed by atoms with Crippen LogP contribution in [0.1, 0.15) is 95.8 Å². The van der Waals surface area contributed by atoms with Gasteiger partial charge in [0.25, 0.3) is 0 Å². The van der Waals surface area contributed by atoms with Crippen LogP contribution in [0.5, 0.6) is 0 Å². The van der Waals surface area contributed by atoms with Crippen LogP contribution in [0.25, 0.3) is 0 Å². The van der Waals surface area contributed by atoms with E-state index in [1.165, 1.54) is 30.2 Å². The number of halogens is 2. The van der Waals surface area contributed by atoms with Crippen LogP contribution < -0.4 is 10.6 Å². The van der Waals surface area contributed by atoms with Crippen molar-refractivity contribution >= 4 is 11.7 Å². The Labute approximate surface area is 231 Å². The fourth-order valence-electron chi connectivity index (χ4n) is 5.49. The molecule has 3 rings (SSSR count). The third-order valence-corrected chi connectivity index (χ3v) is 7.76. The first-order valence-electron chi connectivity index (χ1n) is 14.2. The van der Waals surface area contributed by atoms with Crippen LogP contribution >= 0.6 is 0 Å². The largest absolute Gasteiger partial charge is 0.390 e. The standard InChI is InChI=1S/C32H44F2N2O3/c1-22(37)10-8-13-30(39)36-28(18-23-16-26(33)20-27(34)17-23)29(38)21-35-32(14-6-5-7-15-32)25-12-9-11-24(19-25)31(2,3)4/h9,11-12,16-17,19-20,28-29,35,38H,5-8,10,13-15,18,21H2,1-4H3,(H,36,39). The molecule has 0 aliphatic heterocycles. The van der Waals surface area contributed by atoms with Crippen molar-refractivity contribution in [1.29, 1.82) is 0 Å². The summed E-state index contributed by atoms with van der Waals surface area (Å²) in [5.74, 6) is -1.71. The smallest absolute Gasteiger partial charge is 0.220 e. The zero-order chi connectivity index (χ0) is 28.6. The van der Waals surface area contributed by atoms with Crippen LogP contribution in [0.15, 0.2) is 42.5 Å². The van der Waals surface area contributed by atoms with Gasteiger partial charge in [0.15, 0.2) is 0 Å². The summed E-state index contributed by atoms with van der Waals surface area (Å²) in [5.41, 5.74) is 2.49. The summed E-state index contributed by atoms with van der Waals surface area (Å²) >= 11 is 0. The average Bonchev–Trinajstić information content (AvgIpc) is 2.86. The number of benzene rings is 2. The maximum Gasteiger partial charge on any atom is 0.220 e. The number of carbonyl (C=O) groups excluding carboxylic acids is 2. The Kier molecular flexibility index (Phi) is 10.8. The molecule has 1 amide bonds. The number of rotatable bonds is 12. The number of carbonyl (C=O) groups is 2. The van der Waals surface area contributed by atoms with Gasteiger partial charge in [-0.1, -0.05) is 64.3 Å². The quantitative estimate of drug-likeness (QED) is 0.314. The molecule has 214 valence electrons. The molecule has 1 saturated carbocycles. The highest BCUT2D eigenvalue weighted by Gasteiger charge is 2.35. The zero-order valence-corrected chi connectivity index (χ0v) is 23.8. The first-order valence-corrected chi connectivity index (χ1v) is 14.2.